The highest BCUT2D eigenvalue weighted by Crippen LogP contribution is 2.35. The van der Waals surface area contributed by atoms with E-state index in [1.54, 1.807) is 71.7 Å². The molecule has 12 atom stereocenters. The van der Waals surface area contributed by atoms with Crippen molar-refractivity contribution in [2.75, 3.05) is 72.8 Å². The Kier molecular flexibility index (Phi) is 29.8. The van der Waals surface area contributed by atoms with Crippen LogP contribution < -0.4 is 38.1 Å². The van der Waals surface area contributed by atoms with E-state index in [1.165, 1.54) is 66.8 Å². The molecule has 0 spiro atoms. The van der Waals surface area contributed by atoms with Crippen LogP contribution in [0.2, 0.25) is 0 Å². The van der Waals surface area contributed by atoms with Crippen molar-refractivity contribution in [1.29, 1.82) is 0 Å². The van der Waals surface area contributed by atoms with Crippen LogP contribution in [0.15, 0.2) is 35.8 Å². The van der Waals surface area contributed by atoms with Crippen molar-refractivity contribution in [3.8, 4) is 0 Å². The first-order chi connectivity index (χ1) is 43.1. The molecule has 26 heteroatoms. The first-order valence-electron chi connectivity index (χ1n) is 32.8. The number of anilines is 1. The van der Waals surface area contributed by atoms with Crippen molar-refractivity contribution in [2.24, 2.45) is 47.0 Å². The summed E-state index contributed by atoms with van der Waals surface area (Å²) < 4.78 is 12.2. The summed E-state index contributed by atoms with van der Waals surface area (Å²) in [5, 5.41) is 29.1. The number of carbonyl (C=O) groups excluding carboxylic acids is 9. The van der Waals surface area contributed by atoms with Gasteiger partial charge in [0.1, 0.15) is 23.1 Å². The average molecular weight is 1290 g/mol. The molecule has 0 bridgehead atoms. The van der Waals surface area contributed by atoms with Gasteiger partial charge in [-0.05, 0) is 80.9 Å². The summed E-state index contributed by atoms with van der Waals surface area (Å²) in [7, 11) is 6.42. The second kappa shape index (κ2) is 36.1. The van der Waals surface area contributed by atoms with Gasteiger partial charge in [0, 0.05) is 83.3 Å². The highest BCUT2D eigenvalue weighted by molar-refractivity contribution is 7.09. The molecule has 510 valence electrons. The smallest absolute Gasteiger partial charge is 0.411 e. The number of nitrogens with one attached hydrogen (secondary N) is 5. The predicted molar refractivity (Wildman–Crippen MR) is 349 cm³/mol. The maximum Gasteiger partial charge on any atom is 0.411 e. The first kappa shape index (κ1) is 75.2. The third-order valence-corrected chi connectivity index (χ3v) is 19.4. The highest BCUT2D eigenvalue weighted by Gasteiger charge is 2.44. The normalized spacial score (nSPS) is 19.4. The zero-order chi connectivity index (χ0) is 67.4. The fraction of sp³-hybridized carbons (Fsp3) is 0.723. The Bertz CT molecular complexity index is 2690. The van der Waals surface area contributed by atoms with Gasteiger partial charge in [-0.1, -0.05) is 113 Å². The van der Waals surface area contributed by atoms with Crippen LogP contribution in [0.1, 0.15) is 162 Å². The number of likely N-dealkylation sites (N-methyl/N-ethyl adjacent to an activating group) is 3. The summed E-state index contributed by atoms with van der Waals surface area (Å²) in [5.41, 5.74) is 11.9. The number of methoxy groups -OCH3 is 1. The molecule has 2 aliphatic heterocycles. The van der Waals surface area contributed by atoms with Gasteiger partial charge in [0.15, 0.2) is 0 Å². The number of hydrogen-bond donors (Lipinski definition) is 8. The van der Waals surface area contributed by atoms with Crippen LogP contribution in [0.25, 0.3) is 0 Å². The van der Waals surface area contributed by atoms with Crippen LogP contribution in [0.5, 0.6) is 0 Å². The highest BCUT2D eigenvalue weighted by atomic mass is 32.1. The lowest BCUT2D eigenvalue weighted by Gasteiger charge is -2.40. The van der Waals surface area contributed by atoms with E-state index in [0.29, 0.717) is 70.0 Å². The summed E-state index contributed by atoms with van der Waals surface area (Å²) in [4.78, 5) is 138. The Hall–Kier alpha value is -6.48. The Balaban J connectivity index is 1.29. The van der Waals surface area contributed by atoms with Crippen LogP contribution in [0.4, 0.5) is 15.3 Å². The number of urea groups is 1. The number of nitrogens with zero attached hydrogens (tertiary/aromatic N) is 6. The lowest BCUT2D eigenvalue weighted by atomic mass is 9.84. The number of rotatable bonds is 32. The maximum atomic E-state index is 14.9. The third-order valence-electron chi connectivity index (χ3n) is 18.5. The second-order valence-corrected chi connectivity index (χ2v) is 27.3. The van der Waals surface area contributed by atoms with Crippen molar-refractivity contribution in [3.05, 3.63) is 46.4 Å². The quantitative estimate of drug-likeness (QED) is 0.0440. The van der Waals surface area contributed by atoms with Crippen LogP contribution in [-0.4, -0.2) is 204 Å². The number of benzene rings is 1. The minimum Gasteiger partial charge on any atom is -0.431 e. The number of primary amides is 1. The number of piperazine rings is 1. The Morgan fingerprint density at radius 2 is 1.45 bits per heavy atom. The fourth-order valence-corrected chi connectivity index (χ4v) is 13.5. The topological polar surface area (TPSA) is 334 Å². The largest absolute Gasteiger partial charge is 0.431 e. The molecule has 0 radical (unpaired) electrons. The third kappa shape index (κ3) is 21.3. The van der Waals surface area contributed by atoms with E-state index < -0.39 is 114 Å². The standard InChI is InChI=1S/C65H107N13O12S/c1-14-41(8)54(49(79)37-50(80)78-30-19-23-48(78)55(89-13)42(9)57(81)72-47(61-68-29-35-91-61)36-43-20-16-15-17-21-43)75(11)62(85)52(39(4)5)73-60(84)53(40(6)7)76(12)65(88)90-56(63(86)77-33-31-74(10)32-34-77)44-24-26-45(27-25-44)70-58(82)46(22-18-28-69-64(67)87)71-59(83)51(66)38(2)3/h24-27,29,35,38-43,46-49,51-56,79H,14-23,28,30-34,36-37,66H2,1-13H3,(H,70,82)(H,71,83)(H,72,81)(H,73,84)(H3,67,69,87)/t41-,42+,46-,47-,48-,49+,51-,52-,53-,54-,55+,56?/m0/s1. The molecule has 91 heavy (non-hydrogen) atoms. The summed E-state index contributed by atoms with van der Waals surface area (Å²) >= 11 is 1.52. The molecular formula is C65H107N13O12S. The van der Waals surface area contributed by atoms with Gasteiger partial charge < -0.3 is 72.2 Å². The van der Waals surface area contributed by atoms with Crippen LogP contribution >= 0.6 is 11.3 Å². The van der Waals surface area contributed by atoms with Gasteiger partial charge >= 0.3 is 12.1 Å². The molecular weight excluding hydrogens is 1190 g/mol. The van der Waals surface area contributed by atoms with Gasteiger partial charge in [-0.15, -0.1) is 11.3 Å². The van der Waals surface area contributed by atoms with E-state index >= 15 is 0 Å². The number of amides is 10. The summed E-state index contributed by atoms with van der Waals surface area (Å²) in [6, 6.07) is -0.453. The summed E-state index contributed by atoms with van der Waals surface area (Å²) in [5.74, 6) is -4.99. The minimum atomic E-state index is -1.49. The molecule has 1 aliphatic carbocycles. The monoisotopic (exact) mass is 1290 g/mol. The molecule has 5 rings (SSSR count). The van der Waals surface area contributed by atoms with Crippen molar-refractivity contribution in [3.63, 3.8) is 0 Å². The fourth-order valence-electron chi connectivity index (χ4n) is 12.8. The Morgan fingerprint density at radius 3 is 2.02 bits per heavy atom. The molecule has 10 N–H and O–H groups in total. The first-order valence-corrected chi connectivity index (χ1v) is 33.7. The minimum absolute atomic E-state index is 0.136. The Morgan fingerprint density at radius 1 is 0.791 bits per heavy atom. The van der Waals surface area contributed by atoms with Gasteiger partial charge in [0.05, 0.1) is 48.7 Å². The van der Waals surface area contributed by atoms with Gasteiger partial charge in [-0.25, -0.2) is 14.6 Å². The number of nitrogens with two attached hydrogens (primary N) is 2. The van der Waals surface area contributed by atoms with Crippen molar-refractivity contribution in [1.82, 2.24) is 50.8 Å². The molecule has 25 nitrogen and oxygen atoms in total. The maximum absolute atomic E-state index is 14.9. The number of ether oxygens (including phenoxy) is 2. The molecule has 2 aromatic rings. The van der Waals surface area contributed by atoms with Crippen molar-refractivity contribution in [2.45, 2.75) is 200 Å². The number of aromatic nitrogens is 1. The molecule has 1 aromatic carbocycles. The lowest BCUT2D eigenvalue weighted by Crippen LogP contribution is -2.60. The van der Waals surface area contributed by atoms with Crippen LogP contribution in [0.3, 0.4) is 0 Å². The average Bonchev–Trinajstić information content (AvgIpc) is 2.55. The van der Waals surface area contributed by atoms with Gasteiger partial charge in [-0.2, -0.15) is 0 Å². The predicted octanol–water partition coefficient (Wildman–Crippen LogP) is 5.14. The number of likely N-dealkylation sites (tertiary alicyclic amines) is 1. The summed E-state index contributed by atoms with van der Waals surface area (Å²) in [6.45, 7) is 18.6. The molecule has 3 aliphatic rings. The Labute approximate surface area is 542 Å². The van der Waals surface area contributed by atoms with E-state index in [1.807, 2.05) is 33.2 Å². The SMILES string of the molecule is CC[C@H](C)[C@@H]([C@H](O)CC(=O)N1CCC[C@H]1[C@H](OC)[C@@H](C)C(=O)N[C@@H](CC1CCCCC1)c1nccs1)N(C)C(=O)[C@@H](NC(=O)[C@H](C(C)C)N(C)C(=O)OC(C(=O)N1CCN(C)CC1)c1ccc(NC(=O)[C@H](CCCNC(N)=O)NC(=O)[C@@H](N)C(C)C)cc1)C(C)C. The molecule has 3 fully saturated rings. The molecule has 1 saturated carbocycles. The number of carbonyl (C=O) groups is 9. The van der Waals surface area contributed by atoms with E-state index in [2.05, 4.69) is 36.5 Å². The lowest BCUT2D eigenvalue weighted by molar-refractivity contribution is -0.147. The number of aliphatic hydroxyl groups excluding tert-OH is 1. The van der Waals surface area contributed by atoms with Crippen molar-refractivity contribution < 1.29 is 57.7 Å². The van der Waals surface area contributed by atoms with E-state index in [-0.39, 0.29) is 54.6 Å². The molecule has 2 saturated heterocycles. The van der Waals surface area contributed by atoms with E-state index in [4.69, 9.17) is 20.9 Å². The van der Waals surface area contributed by atoms with Gasteiger partial charge in [0.2, 0.25) is 41.5 Å². The summed E-state index contributed by atoms with van der Waals surface area (Å²) in [6.07, 6.45) is 5.86. The van der Waals surface area contributed by atoms with Crippen molar-refractivity contribution >= 4 is 70.5 Å². The molecule has 1 unspecified atom stereocenters. The zero-order valence-electron chi connectivity index (χ0n) is 56.1. The van der Waals surface area contributed by atoms with E-state index in [9.17, 15) is 48.3 Å². The van der Waals surface area contributed by atoms with Gasteiger partial charge in [-0.3, -0.25) is 38.5 Å². The number of aliphatic hydroxyl groups is 1. The van der Waals surface area contributed by atoms with Crippen LogP contribution in [0, 0.1) is 35.5 Å². The van der Waals surface area contributed by atoms with Gasteiger partial charge in [0.25, 0.3) is 5.91 Å². The zero-order valence-corrected chi connectivity index (χ0v) is 56.9. The second-order valence-electron chi connectivity index (χ2n) is 26.4. The number of hydrogen-bond acceptors (Lipinski definition) is 16. The molecule has 10 amide bonds. The number of thiazole rings is 1. The molecule has 1 aromatic heterocycles. The van der Waals surface area contributed by atoms with Crippen LogP contribution in [-0.2, 0) is 43.0 Å². The van der Waals surface area contributed by atoms with E-state index in [0.717, 1.165) is 29.2 Å². The molecule has 3 heterocycles.